The van der Waals surface area contributed by atoms with Gasteiger partial charge in [-0.2, -0.15) is 0 Å². The first-order valence-electron chi connectivity index (χ1n) is 9.88. The molecule has 2 aliphatic rings. The molecule has 0 saturated carbocycles. The maximum atomic E-state index is 12.9. The molecule has 8 heteroatoms. The molecule has 1 saturated heterocycles. The number of nitrogens with zero attached hydrogens (tertiary/aromatic N) is 2. The minimum absolute atomic E-state index is 0.153. The number of rotatable bonds is 6. The third kappa shape index (κ3) is 4.28. The number of fused-ring (bicyclic) bond motifs is 4. The summed E-state index contributed by atoms with van der Waals surface area (Å²) in [6.07, 6.45) is 1.64. The molecule has 0 radical (unpaired) electrons. The highest BCUT2D eigenvalue weighted by Gasteiger charge is 2.36. The van der Waals surface area contributed by atoms with Crippen molar-refractivity contribution in [2.45, 2.75) is 31.7 Å². The molecule has 4 heterocycles. The number of methoxy groups -OCH3 is 1. The summed E-state index contributed by atoms with van der Waals surface area (Å²) in [6.45, 7) is 2.21. The molecule has 1 fully saturated rings. The number of piperidine rings is 1. The molecule has 2 aromatic rings. The number of carbonyl (C=O) groups is 2. The van der Waals surface area contributed by atoms with Gasteiger partial charge in [-0.25, -0.2) is 0 Å². The third-order valence-electron chi connectivity index (χ3n) is 5.67. The Morgan fingerprint density at radius 2 is 2.10 bits per heavy atom. The molecule has 7 nitrogen and oxygen atoms in total. The Hall–Kier alpha value is -2.45. The van der Waals surface area contributed by atoms with Crippen molar-refractivity contribution in [3.05, 3.63) is 50.6 Å². The molecule has 2 amide bonds. The maximum absolute atomic E-state index is 12.9. The first-order valence-corrected chi connectivity index (χ1v) is 10.8. The molecular weight excluding hydrogens is 390 g/mol. The van der Waals surface area contributed by atoms with E-state index in [-0.39, 0.29) is 35.6 Å². The number of hydrogen-bond donors (Lipinski definition) is 1. The van der Waals surface area contributed by atoms with Gasteiger partial charge in [0.15, 0.2) is 0 Å². The number of likely N-dealkylation sites (tertiary alicyclic amines) is 1. The molecule has 2 aliphatic heterocycles. The molecule has 29 heavy (non-hydrogen) atoms. The first-order chi connectivity index (χ1) is 14.0. The van der Waals surface area contributed by atoms with Crippen LogP contribution in [0, 0.1) is 5.92 Å². The molecule has 154 valence electrons. The Morgan fingerprint density at radius 1 is 1.24 bits per heavy atom. The summed E-state index contributed by atoms with van der Waals surface area (Å²) in [5.74, 6) is 0.331. The lowest BCUT2D eigenvalue weighted by molar-refractivity contribution is -0.133. The zero-order valence-electron chi connectivity index (χ0n) is 16.4. The third-order valence-corrected chi connectivity index (χ3v) is 6.55. The Balaban J connectivity index is 1.49. The lowest BCUT2D eigenvalue weighted by Crippen LogP contribution is -2.49. The summed E-state index contributed by atoms with van der Waals surface area (Å²) in [5, 5.41) is 4.68. The van der Waals surface area contributed by atoms with Crippen LogP contribution in [0.1, 0.15) is 29.3 Å². The molecular formula is C21H25N3O4S. The quantitative estimate of drug-likeness (QED) is 0.783. The normalized spacial score (nSPS) is 20.2. The Labute approximate surface area is 173 Å². The van der Waals surface area contributed by atoms with Gasteiger partial charge in [0.05, 0.1) is 19.4 Å². The van der Waals surface area contributed by atoms with E-state index in [2.05, 4.69) is 5.32 Å². The predicted octanol–water partition coefficient (Wildman–Crippen LogP) is 2.07. The van der Waals surface area contributed by atoms with Gasteiger partial charge in [0.25, 0.3) is 5.56 Å². The highest BCUT2D eigenvalue weighted by atomic mass is 32.1. The van der Waals surface area contributed by atoms with Gasteiger partial charge in [0.1, 0.15) is 5.69 Å². The number of amides is 2. The minimum Gasteiger partial charge on any atom is -0.384 e. The van der Waals surface area contributed by atoms with Crippen LogP contribution in [0.5, 0.6) is 0 Å². The van der Waals surface area contributed by atoms with Crippen LogP contribution >= 0.6 is 11.3 Å². The Kier molecular flexibility index (Phi) is 5.82. The second-order valence-electron chi connectivity index (χ2n) is 7.73. The first kappa shape index (κ1) is 19.8. The molecule has 1 N–H and O–H groups in total. The van der Waals surface area contributed by atoms with E-state index in [4.69, 9.17) is 4.74 Å². The SMILES string of the molecule is COCCC(=O)Nc1ccc2n(c1=O)C[C@@H]1C[C@@H]2CN(C(=O)Cc2cccs2)C1. The summed E-state index contributed by atoms with van der Waals surface area (Å²) < 4.78 is 6.69. The predicted molar refractivity (Wildman–Crippen MR) is 111 cm³/mol. The van der Waals surface area contributed by atoms with E-state index >= 15 is 0 Å². The molecule has 0 unspecified atom stereocenters. The molecule has 2 aromatic heterocycles. The molecule has 2 bridgehead atoms. The van der Waals surface area contributed by atoms with Gasteiger partial charge in [-0.15, -0.1) is 11.3 Å². The van der Waals surface area contributed by atoms with Crippen LogP contribution < -0.4 is 10.9 Å². The van der Waals surface area contributed by atoms with E-state index in [9.17, 15) is 14.4 Å². The lowest BCUT2D eigenvalue weighted by atomic mass is 9.83. The Bertz CT molecular complexity index is 953. The van der Waals surface area contributed by atoms with Gasteiger partial charge < -0.3 is 19.5 Å². The van der Waals surface area contributed by atoms with Crippen molar-refractivity contribution in [3.8, 4) is 0 Å². The van der Waals surface area contributed by atoms with E-state index in [1.165, 1.54) is 7.11 Å². The van der Waals surface area contributed by atoms with Crippen molar-refractivity contribution in [2.75, 3.05) is 32.1 Å². The fourth-order valence-corrected chi connectivity index (χ4v) is 5.02. The zero-order valence-corrected chi connectivity index (χ0v) is 17.2. The van der Waals surface area contributed by atoms with Gasteiger partial charge in [-0.3, -0.25) is 14.4 Å². The van der Waals surface area contributed by atoms with Gasteiger partial charge in [0, 0.05) is 43.2 Å². The van der Waals surface area contributed by atoms with Crippen molar-refractivity contribution in [3.63, 3.8) is 0 Å². The monoisotopic (exact) mass is 415 g/mol. The number of hydrogen-bond acceptors (Lipinski definition) is 5. The van der Waals surface area contributed by atoms with Crippen LogP contribution in [-0.2, 0) is 27.3 Å². The summed E-state index contributed by atoms with van der Waals surface area (Å²) in [5.41, 5.74) is 1.09. The van der Waals surface area contributed by atoms with Crippen LogP contribution in [0.2, 0.25) is 0 Å². The molecule has 2 atom stereocenters. The number of ether oxygens (including phenoxy) is 1. The number of thiophene rings is 1. The number of anilines is 1. The number of nitrogens with one attached hydrogen (secondary N) is 1. The highest BCUT2D eigenvalue weighted by Crippen LogP contribution is 2.35. The summed E-state index contributed by atoms with van der Waals surface area (Å²) >= 11 is 1.60. The largest absolute Gasteiger partial charge is 0.384 e. The van der Waals surface area contributed by atoms with Crippen LogP contribution in [0.3, 0.4) is 0 Å². The highest BCUT2D eigenvalue weighted by molar-refractivity contribution is 7.10. The van der Waals surface area contributed by atoms with Crippen LogP contribution in [0.15, 0.2) is 34.4 Å². The van der Waals surface area contributed by atoms with Crippen LogP contribution in [0.25, 0.3) is 0 Å². The molecule has 0 spiro atoms. The topological polar surface area (TPSA) is 80.6 Å². The molecule has 4 rings (SSSR count). The van der Waals surface area contributed by atoms with E-state index in [0.717, 1.165) is 17.0 Å². The smallest absolute Gasteiger partial charge is 0.274 e. The standard InChI is InChI=1S/C21H25N3O4S/c1-28-7-6-19(25)22-17-4-5-18-15-9-14(12-24(18)21(17)27)11-23(13-15)20(26)10-16-3-2-8-29-16/h2-5,8,14-15H,6-7,9-13H2,1H3,(H,22,25)/t14-,15-/m1/s1. The second-order valence-corrected chi connectivity index (χ2v) is 8.76. The molecule has 0 aliphatic carbocycles. The van der Waals surface area contributed by atoms with Gasteiger partial charge in [-0.05, 0) is 35.9 Å². The van der Waals surface area contributed by atoms with Crippen LogP contribution in [0.4, 0.5) is 5.69 Å². The lowest BCUT2D eigenvalue weighted by Gasteiger charge is -2.43. The molecule has 0 aromatic carbocycles. The summed E-state index contributed by atoms with van der Waals surface area (Å²) in [7, 11) is 1.54. The van der Waals surface area contributed by atoms with Crippen molar-refractivity contribution >= 4 is 28.8 Å². The van der Waals surface area contributed by atoms with Crippen molar-refractivity contribution in [1.82, 2.24) is 9.47 Å². The van der Waals surface area contributed by atoms with E-state index in [0.29, 0.717) is 38.3 Å². The van der Waals surface area contributed by atoms with Gasteiger partial charge >= 0.3 is 0 Å². The average Bonchev–Trinajstić information content (AvgIpc) is 3.21. The summed E-state index contributed by atoms with van der Waals surface area (Å²) in [4.78, 5) is 40.6. The van der Waals surface area contributed by atoms with Gasteiger partial charge in [0.2, 0.25) is 11.8 Å². The zero-order chi connectivity index (χ0) is 20.4. The van der Waals surface area contributed by atoms with Crippen molar-refractivity contribution < 1.29 is 14.3 Å². The number of pyridine rings is 1. The average molecular weight is 416 g/mol. The van der Waals surface area contributed by atoms with Crippen molar-refractivity contribution in [2.24, 2.45) is 5.92 Å². The van der Waals surface area contributed by atoms with Gasteiger partial charge in [-0.1, -0.05) is 6.07 Å². The second kappa shape index (κ2) is 8.51. The fraction of sp³-hybridized carbons (Fsp3) is 0.476. The summed E-state index contributed by atoms with van der Waals surface area (Å²) in [6, 6.07) is 7.56. The fourth-order valence-electron chi connectivity index (χ4n) is 4.33. The van der Waals surface area contributed by atoms with E-state index in [1.807, 2.05) is 28.5 Å². The van der Waals surface area contributed by atoms with E-state index < -0.39 is 0 Å². The van der Waals surface area contributed by atoms with E-state index in [1.54, 1.807) is 22.0 Å². The number of aromatic nitrogens is 1. The van der Waals surface area contributed by atoms with Crippen LogP contribution in [-0.4, -0.2) is 48.1 Å². The maximum Gasteiger partial charge on any atom is 0.274 e. The Morgan fingerprint density at radius 3 is 2.86 bits per heavy atom. The minimum atomic E-state index is -0.231. The number of carbonyl (C=O) groups excluding carboxylic acids is 2. The van der Waals surface area contributed by atoms with Crippen molar-refractivity contribution in [1.29, 1.82) is 0 Å².